The molecule has 1 aromatic carbocycles. The third-order valence-corrected chi connectivity index (χ3v) is 5.49. The summed E-state index contributed by atoms with van der Waals surface area (Å²) in [4.78, 5) is 16.0. The molecule has 0 aliphatic carbocycles. The van der Waals surface area contributed by atoms with E-state index in [1.807, 2.05) is 11.5 Å². The summed E-state index contributed by atoms with van der Waals surface area (Å²) in [7, 11) is 0. The van der Waals surface area contributed by atoms with Crippen molar-refractivity contribution in [3.63, 3.8) is 0 Å². The minimum absolute atomic E-state index is 0.224. The van der Waals surface area contributed by atoms with Crippen LogP contribution in [0.25, 0.3) is 27.8 Å². The molecule has 5 aromatic rings. The van der Waals surface area contributed by atoms with Crippen LogP contribution >= 0.6 is 0 Å². The van der Waals surface area contributed by atoms with Gasteiger partial charge in [0.2, 0.25) is 0 Å². The van der Waals surface area contributed by atoms with Crippen molar-refractivity contribution in [2.75, 3.05) is 5.73 Å². The normalized spacial score (nSPS) is 12.5. The number of para-hydroxylation sites is 1. The fourth-order valence-corrected chi connectivity index (χ4v) is 3.89. The minimum atomic E-state index is -2.77. The Hall–Kier alpha value is -4.35. The maximum atomic E-state index is 14.2. The fourth-order valence-electron chi connectivity index (χ4n) is 3.89. The van der Waals surface area contributed by atoms with E-state index in [0.717, 1.165) is 0 Å². The Morgan fingerprint density at radius 3 is 2.50 bits per heavy atom. The van der Waals surface area contributed by atoms with Crippen molar-refractivity contribution in [3.8, 4) is 16.8 Å². The van der Waals surface area contributed by atoms with E-state index >= 15 is 0 Å². The van der Waals surface area contributed by atoms with E-state index in [1.54, 1.807) is 30.6 Å². The van der Waals surface area contributed by atoms with Gasteiger partial charge >= 0.3 is 0 Å². The molecule has 12 heteroatoms. The first-order valence-corrected chi connectivity index (χ1v) is 10.4. The molecule has 4 heterocycles. The summed E-state index contributed by atoms with van der Waals surface area (Å²) in [5.41, 5.74) is 8.62. The number of nitrogens with two attached hydrogens (primary N) is 1. The van der Waals surface area contributed by atoms with Crippen LogP contribution in [0.4, 0.5) is 19.0 Å². The highest BCUT2D eigenvalue weighted by molar-refractivity contribution is 6.00. The van der Waals surface area contributed by atoms with Crippen LogP contribution in [-0.2, 0) is 0 Å². The Morgan fingerprint density at radius 1 is 1.03 bits per heavy atom. The van der Waals surface area contributed by atoms with E-state index < -0.39 is 18.1 Å². The molecule has 1 unspecified atom stereocenters. The van der Waals surface area contributed by atoms with E-state index in [0.29, 0.717) is 34.3 Å². The van der Waals surface area contributed by atoms with Crippen molar-refractivity contribution in [1.29, 1.82) is 0 Å². The van der Waals surface area contributed by atoms with Gasteiger partial charge in [0.15, 0.2) is 5.82 Å². The van der Waals surface area contributed by atoms with Crippen LogP contribution in [0.1, 0.15) is 37.3 Å². The van der Waals surface area contributed by atoms with Crippen molar-refractivity contribution < 1.29 is 13.2 Å². The van der Waals surface area contributed by atoms with E-state index in [9.17, 15) is 13.2 Å². The predicted molar refractivity (Wildman–Crippen MR) is 118 cm³/mol. The smallest absolute Gasteiger partial charge is 0.297 e. The van der Waals surface area contributed by atoms with Crippen molar-refractivity contribution in [3.05, 3.63) is 72.7 Å². The van der Waals surface area contributed by atoms with Gasteiger partial charge in [-0.2, -0.15) is 0 Å². The molecule has 0 aliphatic heterocycles. The molecule has 0 fully saturated rings. The third kappa shape index (κ3) is 3.62. The molecule has 1 atom stereocenters. The number of fused-ring (bicyclic) bond motifs is 1. The maximum absolute atomic E-state index is 14.2. The number of rotatable bonds is 6. The van der Waals surface area contributed by atoms with Crippen LogP contribution in [0, 0.1) is 5.82 Å². The summed E-state index contributed by atoms with van der Waals surface area (Å²) in [5, 5.41) is 8.90. The molecule has 0 amide bonds. The van der Waals surface area contributed by atoms with Crippen molar-refractivity contribution in [2.45, 2.75) is 25.8 Å². The Balaban J connectivity index is 1.62. The molecule has 0 bridgehead atoms. The molecular formula is C22H18F3N9. The third-order valence-electron chi connectivity index (χ3n) is 5.49. The van der Waals surface area contributed by atoms with Gasteiger partial charge in [-0.05, 0) is 18.6 Å². The molecule has 34 heavy (non-hydrogen) atoms. The van der Waals surface area contributed by atoms with Crippen LogP contribution in [0.2, 0.25) is 0 Å². The zero-order chi connectivity index (χ0) is 23.8. The molecule has 0 saturated heterocycles. The molecule has 0 aliphatic rings. The molecule has 172 valence electrons. The average molecular weight is 465 g/mol. The number of benzene rings is 1. The van der Waals surface area contributed by atoms with E-state index in [2.05, 4.69) is 30.2 Å². The molecule has 5 rings (SSSR count). The van der Waals surface area contributed by atoms with Crippen LogP contribution in [0.3, 0.4) is 0 Å². The lowest BCUT2D eigenvalue weighted by Crippen LogP contribution is -2.10. The number of hydrogen-bond donors (Lipinski definition) is 1. The number of anilines is 1. The summed E-state index contributed by atoms with van der Waals surface area (Å²) in [6.45, 7) is 1.96. The molecular weight excluding hydrogens is 447 g/mol. The van der Waals surface area contributed by atoms with Gasteiger partial charge in [-0.3, -0.25) is 0 Å². The summed E-state index contributed by atoms with van der Waals surface area (Å²) in [5.74, 6) is -0.761. The standard InChI is InChI=1S/C22H18F3N9/c1-2-16(15-10-34(32-31-15)17-6-4-3-5-14(17)23)33-9-13(18-20(26)29-11-30-22(18)33)12-7-27-21(19(24)25)28-8-12/h3-11,16,19H,2H2,1H3,(H2,26,29,30). The Bertz CT molecular complexity index is 1460. The zero-order valence-corrected chi connectivity index (χ0v) is 17.8. The number of halogens is 3. The highest BCUT2D eigenvalue weighted by Crippen LogP contribution is 2.36. The molecule has 4 aromatic heterocycles. The quantitative estimate of drug-likeness (QED) is 0.401. The highest BCUT2D eigenvalue weighted by Gasteiger charge is 2.24. The van der Waals surface area contributed by atoms with Gasteiger partial charge in [0.05, 0.1) is 17.6 Å². The second-order valence-corrected chi connectivity index (χ2v) is 7.50. The molecule has 0 spiro atoms. The minimum Gasteiger partial charge on any atom is -0.383 e. The second-order valence-electron chi connectivity index (χ2n) is 7.50. The lowest BCUT2D eigenvalue weighted by Gasteiger charge is -2.15. The van der Waals surface area contributed by atoms with Crippen molar-refractivity contribution in [1.82, 2.24) is 39.5 Å². The number of aromatic nitrogens is 8. The molecule has 9 nitrogen and oxygen atoms in total. The van der Waals surface area contributed by atoms with Crippen molar-refractivity contribution in [2.24, 2.45) is 0 Å². The van der Waals surface area contributed by atoms with Crippen LogP contribution in [-0.4, -0.2) is 39.5 Å². The average Bonchev–Trinajstić information content (AvgIpc) is 3.47. The highest BCUT2D eigenvalue weighted by atomic mass is 19.3. The predicted octanol–water partition coefficient (Wildman–Crippen LogP) is 4.13. The van der Waals surface area contributed by atoms with Gasteiger partial charge in [-0.1, -0.05) is 24.3 Å². The fraction of sp³-hybridized carbons (Fsp3) is 0.182. The topological polar surface area (TPSA) is 113 Å². The Kier molecular flexibility index (Phi) is 5.40. The van der Waals surface area contributed by atoms with Crippen LogP contribution < -0.4 is 5.73 Å². The first kappa shape index (κ1) is 21.5. The lowest BCUT2D eigenvalue weighted by molar-refractivity contribution is 0.140. The first-order valence-electron chi connectivity index (χ1n) is 10.4. The number of hydrogen-bond acceptors (Lipinski definition) is 7. The number of alkyl halides is 2. The summed E-state index contributed by atoms with van der Waals surface area (Å²) in [6, 6.07) is 5.94. The van der Waals surface area contributed by atoms with Gasteiger partial charge in [0.1, 0.15) is 35.0 Å². The monoisotopic (exact) mass is 465 g/mol. The van der Waals surface area contributed by atoms with Gasteiger partial charge in [-0.25, -0.2) is 37.8 Å². The summed E-state index contributed by atoms with van der Waals surface area (Å²) in [6.07, 6.45) is 5.24. The Labute approximate surface area is 191 Å². The zero-order valence-electron chi connectivity index (χ0n) is 17.8. The van der Waals surface area contributed by atoms with Gasteiger partial charge < -0.3 is 10.3 Å². The molecule has 2 N–H and O–H groups in total. The summed E-state index contributed by atoms with van der Waals surface area (Å²) < 4.78 is 43.3. The van der Waals surface area contributed by atoms with E-state index in [-0.39, 0.29) is 17.5 Å². The van der Waals surface area contributed by atoms with Crippen LogP contribution in [0.15, 0.2) is 55.4 Å². The number of nitrogen functional groups attached to an aromatic ring is 1. The van der Waals surface area contributed by atoms with Crippen LogP contribution in [0.5, 0.6) is 0 Å². The molecule has 0 saturated carbocycles. The lowest BCUT2D eigenvalue weighted by atomic mass is 10.1. The van der Waals surface area contributed by atoms with Gasteiger partial charge in [-0.15, -0.1) is 5.10 Å². The maximum Gasteiger partial charge on any atom is 0.297 e. The first-order chi connectivity index (χ1) is 16.5. The van der Waals surface area contributed by atoms with Gasteiger partial charge in [0.25, 0.3) is 6.43 Å². The largest absolute Gasteiger partial charge is 0.383 e. The van der Waals surface area contributed by atoms with Crippen molar-refractivity contribution >= 4 is 16.9 Å². The SMILES string of the molecule is CCC(c1cn(-c2ccccc2F)nn1)n1cc(-c2cnc(C(F)F)nc2)c2c(N)ncnc21. The van der Waals surface area contributed by atoms with Gasteiger partial charge in [0, 0.05) is 29.7 Å². The van der Waals surface area contributed by atoms with E-state index in [1.165, 1.54) is 29.5 Å². The second kappa shape index (κ2) is 8.54. The number of nitrogens with zero attached hydrogens (tertiary/aromatic N) is 8. The summed E-state index contributed by atoms with van der Waals surface area (Å²) >= 11 is 0. The van der Waals surface area contributed by atoms with E-state index in [4.69, 9.17) is 5.73 Å². The Morgan fingerprint density at radius 2 is 1.79 bits per heavy atom. The molecule has 0 radical (unpaired) electrons.